The highest BCUT2D eigenvalue weighted by atomic mass is 28.3. The molecule has 0 bridgehead atoms. The molecule has 0 amide bonds. The van der Waals surface area contributed by atoms with E-state index < -0.39 is 19.6 Å². The van der Waals surface area contributed by atoms with Gasteiger partial charge in [0.25, 0.3) is 0 Å². The monoisotopic (exact) mass is 330 g/mol. The molecule has 124 valence electrons. The van der Waals surface area contributed by atoms with E-state index in [0.717, 1.165) is 19.3 Å². The van der Waals surface area contributed by atoms with Gasteiger partial charge in [0.1, 0.15) is 5.76 Å². The number of hydrogen-bond donors (Lipinski definition) is 1. The smallest absolute Gasteiger partial charge is 0.234 e. The molecule has 0 atom stereocenters. The van der Waals surface area contributed by atoms with E-state index in [1.165, 1.54) is 12.5 Å². The van der Waals surface area contributed by atoms with E-state index in [1.54, 1.807) is 24.3 Å². The highest BCUT2D eigenvalue weighted by Crippen LogP contribution is 2.30. The van der Waals surface area contributed by atoms with E-state index >= 15 is 0 Å². The van der Waals surface area contributed by atoms with Crippen LogP contribution < -0.4 is 0 Å². The fraction of sp³-hybridized carbons (Fsp3) is 0.474. The van der Waals surface area contributed by atoms with Gasteiger partial charge in [0.15, 0.2) is 0 Å². The van der Waals surface area contributed by atoms with Gasteiger partial charge in [-0.05, 0) is 12.8 Å². The van der Waals surface area contributed by atoms with Crippen molar-refractivity contribution in [3.63, 3.8) is 0 Å². The maximum atomic E-state index is 12.2. The van der Waals surface area contributed by atoms with Crippen molar-refractivity contribution in [2.75, 3.05) is 0 Å². The summed E-state index contributed by atoms with van der Waals surface area (Å²) in [6, 6.07) is 8.10. The summed E-state index contributed by atoms with van der Waals surface area (Å²) in [7, 11) is -0.969. The molecular weight excluding hydrogens is 304 g/mol. The van der Waals surface area contributed by atoms with Gasteiger partial charge in [-0.3, -0.25) is 9.59 Å². The van der Waals surface area contributed by atoms with Crippen LogP contribution in [0.25, 0.3) is 5.76 Å². The Morgan fingerprint density at radius 3 is 2.13 bits per heavy atom. The molecule has 0 saturated carbocycles. The number of aliphatic hydroxyl groups excluding tert-OH is 1. The molecule has 4 heteroatoms. The van der Waals surface area contributed by atoms with E-state index in [2.05, 4.69) is 19.6 Å². The van der Waals surface area contributed by atoms with E-state index in [9.17, 15) is 14.7 Å². The third-order valence-electron chi connectivity index (χ3n) is 4.30. The Balaban J connectivity index is 1.95. The maximum Gasteiger partial charge on any atom is 0.234 e. The molecule has 0 aromatic heterocycles. The fourth-order valence-electron chi connectivity index (χ4n) is 2.96. The minimum Gasteiger partial charge on any atom is -0.507 e. The number of allylic oxidation sites excluding steroid dienone is 1. The van der Waals surface area contributed by atoms with Gasteiger partial charge in [0, 0.05) is 24.8 Å². The van der Waals surface area contributed by atoms with Crippen LogP contribution in [0.4, 0.5) is 0 Å². The van der Waals surface area contributed by atoms with E-state index in [1.807, 2.05) is 0 Å². The van der Waals surface area contributed by atoms with Crippen LogP contribution >= 0.6 is 0 Å². The normalized spacial score (nSPS) is 15.1. The zero-order valence-corrected chi connectivity index (χ0v) is 15.3. The van der Waals surface area contributed by atoms with Crippen molar-refractivity contribution in [1.82, 2.24) is 0 Å². The molecule has 1 aliphatic rings. The number of Topliss-reactive ketones (excluding diaryl/α,β-unsaturated/α-hetero) is 2. The van der Waals surface area contributed by atoms with Crippen LogP contribution in [0.3, 0.4) is 0 Å². The van der Waals surface area contributed by atoms with Crippen molar-refractivity contribution in [3.8, 4) is 0 Å². The number of ketones is 2. The lowest BCUT2D eigenvalue weighted by Gasteiger charge is -2.18. The molecule has 0 aliphatic heterocycles. The first kappa shape index (κ1) is 17.7. The number of aliphatic hydroxyl groups is 1. The summed E-state index contributed by atoms with van der Waals surface area (Å²) in [5, 5.41) is 10.3. The predicted octanol–water partition coefficient (Wildman–Crippen LogP) is 5.01. The number of carbonyl (C=O) groups excluding carboxylic acids is 2. The van der Waals surface area contributed by atoms with Crippen molar-refractivity contribution in [3.05, 3.63) is 41.0 Å². The number of hydrogen-bond acceptors (Lipinski definition) is 3. The van der Waals surface area contributed by atoms with Crippen molar-refractivity contribution >= 4 is 25.4 Å². The lowest BCUT2D eigenvalue weighted by atomic mass is 9.86. The molecule has 2 rings (SSSR count). The molecule has 1 aromatic carbocycles. The Morgan fingerprint density at radius 2 is 1.48 bits per heavy atom. The molecule has 0 fully saturated rings. The summed E-state index contributed by atoms with van der Waals surface area (Å²) >= 11 is 0. The predicted molar refractivity (Wildman–Crippen MR) is 96.6 cm³/mol. The second-order valence-electron chi connectivity index (χ2n) is 7.51. The molecule has 1 aromatic rings. The second kappa shape index (κ2) is 7.26. The Morgan fingerprint density at radius 1 is 0.870 bits per heavy atom. The average molecular weight is 331 g/mol. The largest absolute Gasteiger partial charge is 0.507 e. The molecule has 0 saturated heterocycles. The average Bonchev–Trinajstić information content (AvgIpc) is 2.50. The Kier molecular flexibility index (Phi) is 5.58. The molecule has 0 unspecified atom stereocenters. The molecular formula is C19H26O3Si. The molecule has 0 radical (unpaired) electrons. The summed E-state index contributed by atoms with van der Waals surface area (Å²) in [5.41, 5.74) is 1.10. The van der Waals surface area contributed by atoms with Crippen LogP contribution in [0.1, 0.15) is 48.0 Å². The zero-order chi connectivity index (χ0) is 17.0. The first-order valence-electron chi connectivity index (χ1n) is 8.42. The zero-order valence-electron chi connectivity index (χ0n) is 14.3. The third kappa shape index (κ3) is 4.41. The molecule has 0 spiro atoms. The van der Waals surface area contributed by atoms with E-state index in [0.29, 0.717) is 23.1 Å². The minimum absolute atomic E-state index is 0.00713. The molecule has 1 N–H and O–H groups in total. The maximum absolute atomic E-state index is 12.2. The number of unbranched alkanes of at least 4 members (excludes halogenated alkanes) is 3. The van der Waals surface area contributed by atoms with Crippen LogP contribution in [-0.2, 0) is 4.79 Å². The Labute approximate surface area is 139 Å². The van der Waals surface area contributed by atoms with Gasteiger partial charge >= 0.3 is 0 Å². The summed E-state index contributed by atoms with van der Waals surface area (Å²) in [4.78, 5) is 24.3. The van der Waals surface area contributed by atoms with Crippen molar-refractivity contribution in [2.45, 2.75) is 57.8 Å². The minimum atomic E-state index is -0.969. The van der Waals surface area contributed by atoms with Gasteiger partial charge in [-0.25, -0.2) is 0 Å². The standard InChI is InChI=1S/C19H26O3Si/c1-23(2,3)13-9-5-4-6-12-16-17(20)14-10-7-8-11-15(14)18(21)19(16)22/h7-8,10-11,20H,4-6,9,12-13H2,1-3H3. The summed E-state index contributed by atoms with van der Waals surface area (Å²) in [6.07, 6.45) is 4.74. The van der Waals surface area contributed by atoms with Crippen LogP contribution in [0.5, 0.6) is 0 Å². The van der Waals surface area contributed by atoms with Gasteiger partial charge < -0.3 is 5.11 Å². The fourth-order valence-corrected chi connectivity index (χ4v) is 4.27. The first-order valence-corrected chi connectivity index (χ1v) is 12.1. The van der Waals surface area contributed by atoms with Crippen LogP contribution in [-0.4, -0.2) is 24.7 Å². The lowest BCUT2D eigenvalue weighted by molar-refractivity contribution is -0.112. The first-order chi connectivity index (χ1) is 10.8. The molecule has 3 nitrogen and oxygen atoms in total. The number of carbonyl (C=O) groups is 2. The van der Waals surface area contributed by atoms with Gasteiger partial charge in [-0.2, -0.15) is 0 Å². The van der Waals surface area contributed by atoms with Gasteiger partial charge in [-0.15, -0.1) is 0 Å². The van der Waals surface area contributed by atoms with Crippen LogP contribution in [0.2, 0.25) is 25.7 Å². The summed E-state index contributed by atoms with van der Waals surface area (Å²) < 4.78 is 0. The quantitative estimate of drug-likeness (QED) is 0.434. The van der Waals surface area contributed by atoms with Crippen LogP contribution in [0.15, 0.2) is 29.8 Å². The SMILES string of the molecule is C[Si](C)(C)CCCCCCC1=C(O)c2ccccc2C(=O)C1=O. The van der Waals surface area contributed by atoms with E-state index in [4.69, 9.17) is 0 Å². The third-order valence-corrected chi connectivity index (χ3v) is 6.15. The van der Waals surface area contributed by atoms with Gasteiger partial charge in [0.2, 0.25) is 11.6 Å². The second-order valence-corrected chi connectivity index (χ2v) is 13.1. The van der Waals surface area contributed by atoms with E-state index in [-0.39, 0.29) is 5.76 Å². The van der Waals surface area contributed by atoms with Crippen molar-refractivity contribution < 1.29 is 14.7 Å². The Bertz CT molecular complexity index is 638. The highest BCUT2D eigenvalue weighted by molar-refractivity contribution is 6.76. The number of rotatable bonds is 7. The lowest BCUT2D eigenvalue weighted by Crippen LogP contribution is -2.24. The topological polar surface area (TPSA) is 54.4 Å². The van der Waals surface area contributed by atoms with Gasteiger partial charge in [-0.1, -0.05) is 69.2 Å². The van der Waals surface area contributed by atoms with Crippen molar-refractivity contribution in [2.24, 2.45) is 0 Å². The summed E-state index contributed by atoms with van der Waals surface area (Å²) in [6.45, 7) is 7.12. The van der Waals surface area contributed by atoms with Gasteiger partial charge in [0.05, 0.1) is 0 Å². The van der Waals surface area contributed by atoms with Crippen molar-refractivity contribution in [1.29, 1.82) is 0 Å². The number of benzene rings is 1. The molecule has 1 aliphatic carbocycles. The number of fused-ring (bicyclic) bond motifs is 1. The highest BCUT2D eigenvalue weighted by Gasteiger charge is 2.31. The summed E-state index contributed by atoms with van der Waals surface area (Å²) in [5.74, 6) is -1.04. The molecule has 0 heterocycles. The van der Waals surface area contributed by atoms with Crippen LogP contribution in [0, 0.1) is 0 Å². The molecule has 23 heavy (non-hydrogen) atoms. The Hall–Kier alpha value is -1.68.